The van der Waals surface area contributed by atoms with Crippen LogP contribution in [0.4, 0.5) is 13.2 Å². The molecule has 0 aromatic heterocycles. The first-order valence-corrected chi connectivity index (χ1v) is 19.0. The molecule has 0 spiro atoms. The molecule has 0 unspecified atom stereocenters. The molecule has 12 heteroatoms. The van der Waals surface area contributed by atoms with Gasteiger partial charge in [0.25, 0.3) is 0 Å². The molecule has 4 aliphatic heterocycles. The topological polar surface area (TPSA) is 94.6 Å². The number of halogens is 3. The third-order valence-electron chi connectivity index (χ3n) is 11.2. The Balaban J connectivity index is 1.05. The van der Waals surface area contributed by atoms with Crippen LogP contribution in [0.2, 0.25) is 0 Å². The zero-order valence-corrected chi connectivity index (χ0v) is 30.0. The summed E-state index contributed by atoms with van der Waals surface area (Å²) in [4.78, 5) is 30.7. The minimum Gasteiger partial charge on any atom is -0.392 e. The van der Waals surface area contributed by atoms with Crippen LogP contribution in [0.5, 0.6) is 0 Å². The zero-order valence-electron chi connectivity index (χ0n) is 30.0. The summed E-state index contributed by atoms with van der Waals surface area (Å²) in [5.41, 5.74) is 5.35. The number of nitrogens with one attached hydrogen (secondary N) is 1. The lowest BCUT2D eigenvalue weighted by Crippen LogP contribution is -2.50. The van der Waals surface area contributed by atoms with Crippen molar-refractivity contribution in [2.75, 3.05) is 39.3 Å². The highest BCUT2D eigenvalue weighted by Crippen LogP contribution is 2.39. The summed E-state index contributed by atoms with van der Waals surface area (Å²) >= 11 is 0. The van der Waals surface area contributed by atoms with Gasteiger partial charge in [0.15, 0.2) is 6.29 Å². The van der Waals surface area contributed by atoms with Gasteiger partial charge in [-0.25, -0.2) is 0 Å². The maximum Gasteiger partial charge on any atom is 0.471 e. The molecule has 0 aliphatic carbocycles. The minimum absolute atomic E-state index is 0.0164. The monoisotopic (exact) mass is 734 g/mol. The van der Waals surface area contributed by atoms with Crippen molar-refractivity contribution >= 4 is 11.8 Å². The van der Waals surface area contributed by atoms with Gasteiger partial charge < -0.3 is 29.7 Å². The highest BCUT2D eigenvalue weighted by molar-refractivity contribution is 5.90. The summed E-state index contributed by atoms with van der Waals surface area (Å²) in [5.74, 6) is -2.57. The predicted molar refractivity (Wildman–Crippen MR) is 193 cm³/mol. The molecule has 4 fully saturated rings. The molecule has 7 rings (SSSR count). The van der Waals surface area contributed by atoms with E-state index >= 15 is 0 Å². The van der Waals surface area contributed by atoms with E-state index in [-0.39, 0.29) is 38.3 Å². The Morgan fingerprint density at radius 1 is 0.811 bits per heavy atom. The second-order valence-electron chi connectivity index (χ2n) is 14.8. The molecule has 0 radical (unpaired) electrons. The van der Waals surface area contributed by atoms with Crippen LogP contribution in [0.3, 0.4) is 0 Å². The third kappa shape index (κ3) is 8.95. The van der Waals surface area contributed by atoms with Crippen molar-refractivity contribution in [1.29, 1.82) is 0 Å². The summed E-state index contributed by atoms with van der Waals surface area (Å²) in [6.07, 6.45) is 0.389. The minimum atomic E-state index is -5.02. The van der Waals surface area contributed by atoms with E-state index in [1.165, 1.54) is 38.8 Å². The largest absolute Gasteiger partial charge is 0.471 e. The van der Waals surface area contributed by atoms with E-state index in [1.807, 2.05) is 72.8 Å². The fourth-order valence-electron chi connectivity index (χ4n) is 8.42. The summed E-state index contributed by atoms with van der Waals surface area (Å²) < 4.78 is 52.7. The maximum absolute atomic E-state index is 13.1. The number of aliphatic hydroxyl groups excluding tert-OH is 1. The Hall–Kier alpha value is -3.81. The number of nitrogens with zero attached hydrogens (tertiary/aromatic N) is 3. The number of alkyl halides is 3. The Labute approximate surface area is 309 Å². The number of benzene rings is 3. The number of carbonyl (C=O) groups is 2. The highest BCUT2D eigenvalue weighted by atomic mass is 19.4. The molecule has 5 atom stereocenters. The molecule has 9 nitrogen and oxygen atoms in total. The maximum atomic E-state index is 13.1. The Bertz CT molecular complexity index is 1700. The van der Waals surface area contributed by atoms with Gasteiger partial charge in [-0.15, -0.1) is 0 Å². The average molecular weight is 735 g/mol. The van der Waals surface area contributed by atoms with E-state index in [2.05, 4.69) is 15.1 Å². The number of amides is 2. The molecule has 3 aromatic rings. The van der Waals surface area contributed by atoms with Crippen LogP contribution in [0.15, 0.2) is 72.8 Å². The number of aliphatic hydroxyl groups is 1. The Morgan fingerprint density at radius 2 is 1.53 bits per heavy atom. The summed E-state index contributed by atoms with van der Waals surface area (Å²) in [5, 5.41) is 12.4. The molecular formula is C41H49F3N4O5. The van der Waals surface area contributed by atoms with Crippen LogP contribution in [0.1, 0.15) is 79.6 Å². The number of ether oxygens (including phenoxy) is 2. The van der Waals surface area contributed by atoms with Crippen molar-refractivity contribution in [3.05, 3.63) is 95.1 Å². The lowest BCUT2D eigenvalue weighted by Gasteiger charge is -2.39. The van der Waals surface area contributed by atoms with Crippen LogP contribution in [0, 0.1) is 0 Å². The smallest absolute Gasteiger partial charge is 0.392 e. The molecule has 53 heavy (non-hydrogen) atoms. The van der Waals surface area contributed by atoms with Crippen LogP contribution < -0.4 is 5.32 Å². The fourth-order valence-corrected chi connectivity index (χ4v) is 8.42. The normalized spacial score (nSPS) is 25.6. The summed E-state index contributed by atoms with van der Waals surface area (Å²) in [7, 11) is 0. The van der Waals surface area contributed by atoms with Crippen LogP contribution in [-0.4, -0.2) is 95.3 Å². The third-order valence-corrected chi connectivity index (χ3v) is 11.2. The molecular weight excluding hydrogens is 685 g/mol. The van der Waals surface area contributed by atoms with Gasteiger partial charge in [0.1, 0.15) is 6.04 Å². The fraction of sp³-hybridized carbons (Fsp3) is 0.512. The molecule has 284 valence electrons. The number of rotatable bonds is 11. The molecule has 4 heterocycles. The molecule has 4 saturated heterocycles. The summed E-state index contributed by atoms with van der Waals surface area (Å²) in [6, 6.07) is 22.8. The molecule has 2 N–H and O–H groups in total. The van der Waals surface area contributed by atoms with Gasteiger partial charge in [-0.05, 0) is 86.0 Å². The van der Waals surface area contributed by atoms with Crippen molar-refractivity contribution in [3.63, 3.8) is 0 Å². The molecule has 2 amide bonds. The van der Waals surface area contributed by atoms with Crippen molar-refractivity contribution in [2.24, 2.45) is 0 Å². The van der Waals surface area contributed by atoms with Crippen LogP contribution in [-0.2, 0) is 32.2 Å². The highest BCUT2D eigenvalue weighted by Gasteiger charge is 2.47. The predicted octanol–water partition coefficient (Wildman–Crippen LogP) is 6.12. The number of hydrogen-bond acceptors (Lipinski definition) is 7. The lowest BCUT2D eigenvalue weighted by atomic mass is 9.97. The first-order chi connectivity index (χ1) is 25.7. The molecule has 3 aromatic carbocycles. The van der Waals surface area contributed by atoms with Gasteiger partial charge in [-0.2, -0.15) is 13.2 Å². The van der Waals surface area contributed by atoms with E-state index in [1.54, 1.807) is 0 Å². The van der Waals surface area contributed by atoms with E-state index in [4.69, 9.17) is 9.47 Å². The zero-order chi connectivity index (χ0) is 37.0. The Morgan fingerprint density at radius 3 is 2.26 bits per heavy atom. The van der Waals surface area contributed by atoms with E-state index in [9.17, 15) is 27.9 Å². The standard InChI is InChI=1S/C41H49F3N4O5/c42-41(43,44)40(51)48-22-6-10-36(48)38(50)45-24-32-7-1-2-9-35(32)29-15-17-31(18-16-29)39-52-34(23-37(53-39)30-13-11-28(27-49)12-14-30)26-47-21-5-8-33(47)25-46-19-3-4-20-46/h1-2,7,9,11-18,33-34,36-37,39,49H,3-6,8,10,19-27H2,(H,45,50)/t33-,34+,36-,37-,39-/m0/s1. The molecule has 0 bridgehead atoms. The number of hydrogen-bond donors (Lipinski definition) is 2. The van der Waals surface area contributed by atoms with Gasteiger partial charge >= 0.3 is 12.1 Å². The van der Waals surface area contributed by atoms with Gasteiger partial charge in [0, 0.05) is 44.2 Å². The van der Waals surface area contributed by atoms with Gasteiger partial charge in [0.2, 0.25) is 5.91 Å². The van der Waals surface area contributed by atoms with Crippen molar-refractivity contribution in [3.8, 4) is 11.1 Å². The van der Waals surface area contributed by atoms with Gasteiger partial charge in [0.05, 0.1) is 18.8 Å². The first kappa shape index (κ1) is 37.5. The van der Waals surface area contributed by atoms with E-state index in [0.29, 0.717) is 17.4 Å². The van der Waals surface area contributed by atoms with Crippen LogP contribution in [0.25, 0.3) is 11.1 Å². The molecule has 0 saturated carbocycles. The van der Waals surface area contributed by atoms with E-state index < -0.39 is 30.3 Å². The SMILES string of the molecule is O=C(NCc1ccccc1-c1ccc([C@H]2O[C@@H](CN3CCC[C@H]3CN3CCCC3)C[C@@H](c3ccc(CO)cc3)O2)cc1)[C@@H]1CCCN1C(=O)C(F)(F)F. The van der Waals surface area contributed by atoms with Crippen molar-refractivity contribution < 1.29 is 37.3 Å². The average Bonchev–Trinajstić information content (AvgIpc) is 3.97. The second kappa shape index (κ2) is 16.7. The quantitative estimate of drug-likeness (QED) is 0.245. The second-order valence-corrected chi connectivity index (χ2v) is 14.8. The van der Waals surface area contributed by atoms with Crippen molar-refractivity contribution in [1.82, 2.24) is 20.0 Å². The summed E-state index contributed by atoms with van der Waals surface area (Å²) in [6.45, 7) is 5.39. The van der Waals surface area contributed by atoms with Crippen LogP contribution >= 0.6 is 0 Å². The van der Waals surface area contributed by atoms with Gasteiger partial charge in [-0.1, -0.05) is 72.8 Å². The van der Waals surface area contributed by atoms with Gasteiger partial charge in [-0.3, -0.25) is 14.5 Å². The number of likely N-dealkylation sites (tertiary alicyclic amines) is 3. The first-order valence-electron chi connectivity index (χ1n) is 19.0. The number of carbonyl (C=O) groups excluding carboxylic acids is 2. The lowest BCUT2D eigenvalue weighted by molar-refractivity contribution is -0.253. The van der Waals surface area contributed by atoms with E-state index in [0.717, 1.165) is 59.4 Å². The Kier molecular flexibility index (Phi) is 11.8. The molecule has 4 aliphatic rings. The van der Waals surface area contributed by atoms with Crippen molar-refractivity contribution in [2.45, 2.75) is 94.9 Å².